The molecule has 3 nitrogen and oxygen atoms in total. The Labute approximate surface area is 117 Å². The van der Waals surface area contributed by atoms with E-state index in [1.54, 1.807) is 19.1 Å². The number of benzene rings is 1. The predicted octanol–water partition coefficient (Wildman–Crippen LogP) is 2.79. The van der Waals surface area contributed by atoms with Crippen LogP contribution < -0.4 is 5.73 Å². The molecule has 0 heterocycles. The first-order valence-electron chi connectivity index (χ1n) is 6.94. The van der Waals surface area contributed by atoms with Crippen molar-refractivity contribution in [2.24, 2.45) is 11.7 Å². The number of aryl methyl sites for hydroxylation is 1. The Balaban J connectivity index is 2.54. The van der Waals surface area contributed by atoms with Gasteiger partial charge >= 0.3 is 0 Å². The normalized spacial score (nSPS) is 13.7. The maximum atomic E-state index is 11.7. The fraction of sp³-hybridized carbons (Fsp3) is 0.600. The molecule has 2 N–H and O–H groups in total. The Morgan fingerprint density at radius 2 is 1.74 bits per heavy atom. The summed E-state index contributed by atoms with van der Waals surface area (Å²) in [6.45, 7) is 5.93. The summed E-state index contributed by atoms with van der Waals surface area (Å²) in [6, 6.07) is 7.47. The van der Waals surface area contributed by atoms with Crippen molar-refractivity contribution in [3.63, 3.8) is 0 Å². The largest absolute Gasteiger partial charge is 0.327 e. The minimum Gasteiger partial charge on any atom is -0.327 e. The summed E-state index contributed by atoms with van der Waals surface area (Å²) in [6.07, 6.45) is 3.00. The van der Waals surface area contributed by atoms with Crippen LogP contribution in [0.4, 0.5) is 0 Å². The first kappa shape index (κ1) is 16.2. The number of rotatable bonds is 7. The van der Waals surface area contributed by atoms with Crippen LogP contribution in [0.5, 0.6) is 0 Å². The second-order valence-corrected chi connectivity index (χ2v) is 7.63. The van der Waals surface area contributed by atoms with Crippen molar-refractivity contribution in [3.8, 4) is 0 Å². The Hall–Kier alpha value is -0.870. The van der Waals surface area contributed by atoms with Gasteiger partial charge in [-0.2, -0.15) is 0 Å². The third-order valence-electron chi connectivity index (χ3n) is 3.52. The van der Waals surface area contributed by atoms with Gasteiger partial charge in [-0.1, -0.05) is 32.9 Å². The number of hydrogen-bond donors (Lipinski definition) is 1. The van der Waals surface area contributed by atoms with Gasteiger partial charge in [-0.3, -0.25) is 0 Å². The van der Waals surface area contributed by atoms with Crippen molar-refractivity contribution >= 4 is 9.84 Å². The van der Waals surface area contributed by atoms with Gasteiger partial charge < -0.3 is 5.73 Å². The van der Waals surface area contributed by atoms with Crippen LogP contribution in [-0.4, -0.2) is 20.2 Å². The minimum atomic E-state index is -3.08. The van der Waals surface area contributed by atoms with Crippen molar-refractivity contribution in [2.75, 3.05) is 5.75 Å². The highest BCUT2D eigenvalue weighted by Crippen LogP contribution is 2.15. The molecular weight excluding hydrogens is 258 g/mol. The summed E-state index contributed by atoms with van der Waals surface area (Å²) in [5.41, 5.74) is 7.17. The van der Waals surface area contributed by atoms with Gasteiger partial charge in [0.05, 0.1) is 10.6 Å². The van der Waals surface area contributed by atoms with Crippen LogP contribution in [0, 0.1) is 5.92 Å². The van der Waals surface area contributed by atoms with E-state index in [1.807, 2.05) is 12.1 Å². The second kappa shape index (κ2) is 7.06. The van der Waals surface area contributed by atoms with Crippen LogP contribution in [0.3, 0.4) is 0 Å². The second-order valence-electron chi connectivity index (χ2n) is 5.35. The van der Waals surface area contributed by atoms with Crippen molar-refractivity contribution in [3.05, 3.63) is 29.8 Å². The third kappa shape index (κ3) is 4.96. The zero-order chi connectivity index (χ0) is 14.5. The summed E-state index contributed by atoms with van der Waals surface area (Å²) < 4.78 is 23.3. The lowest BCUT2D eigenvalue weighted by Gasteiger charge is -2.15. The van der Waals surface area contributed by atoms with E-state index >= 15 is 0 Å². The first-order valence-corrected chi connectivity index (χ1v) is 8.59. The van der Waals surface area contributed by atoms with Gasteiger partial charge in [0.1, 0.15) is 0 Å². The molecule has 0 fully saturated rings. The van der Waals surface area contributed by atoms with Crippen LogP contribution in [0.15, 0.2) is 29.2 Å². The highest BCUT2D eigenvalue weighted by molar-refractivity contribution is 7.91. The van der Waals surface area contributed by atoms with Crippen LogP contribution in [-0.2, 0) is 16.3 Å². The molecular formula is C15H25NO2S. The van der Waals surface area contributed by atoms with E-state index in [1.165, 1.54) is 5.56 Å². The number of sulfone groups is 1. The Morgan fingerprint density at radius 3 is 2.21 bits per heavy atom. The van der Waals surface area contributed by atoms with Crippen molar-refractivity contribution in [2.45, 2.75) is 51.0 Å². The molecule has 0 saturated carbocycles. The monoisotopic (exact) mass is 283 g/mol. The van der Waals surface area contributed by atoms with Crippen LogP contribution >= 0.6 is 0 Å². The van der Waals surface area contributed by atoms with Gasteiger partial charge in [0.15, 0.2) is 9.84 Å². The summed E-state index contributed by atoms with van der Waals surface area (Å²) in [4.78, 5) is 0.414. The highest BCUT2D eigenvalue weighted by Gasteiger charge is 2.11. The fourth-order valence-corrected chi connectivity index (χ4v) is 2.79. The van der Waals surface area contributed by atoms with Gasteiger partial charge in [0.2, 0.25) is 0 Å². The van der Waals surface area contributed by atoms with E-state index in [0.717, 1.165) is 19.3 Å². The summed E-state index contributed by atoms with van der Waals surface area (Å²) in [5, 5.41) is 0. The van der Waals surface area contributed by atoms with Gasteiger partial charge in [0, 0.05) is 6.04 Å². The lowest BCUT2D eigenvalue weighted by molar-refractivity contribution is 0.452. The quantitative estimate of drug-likeness (QED) is 0.837. The zero-order valence-electron chi connectivity index (χ0n) is 12.1. The molecule has 0 amide bonds. The maximum Gasteiger partial charge on any atom is 0.178 e. The molecule has 0 bridgehead atoms. The molecule has 0 aliphatic heterocycles. The van der Waals surface area contributed by atoms with E-state index < -0.39 is 9.84 Å². The Kier molecular flexibility index (Phi) is 6.01. The van der Waals surface area contributed by atoms with Gasteiger partial charge in [-0.15, -0.1) is 0 Å². The van der Waals surface area contributed by atoms with Gasteiger partial charge in [-0.05, 0) is 42.9 Å². The van der Waals surface area contributed by atoms with E-state index in [9.17, 15) is 8.42 Å². The highest BCUT2D eigenvalue weighted by atomic mass is 32.2. The van der Waals surface area contributed by atoms with Crippen molar-refractivity contribution < 1.29 is 8.42 Å². The van der Waals surface area contributed by atoms with E-state index in [4.69, 9.17) is 5.73 Å². The maximum absolute atomic E-state index is 11.7. The molecule has 1 rings (SSSR count). The molecule has 4 heteroatoms. The van der Waals surface area contributed by atoms with Gasteiger partial charge in [0.25, 0.3) is 0 Å². The van der Waals surface area contributed by atoms with Crippen LogP contribution in [0.2, 0.25) is 0 Å². The lowest BCUT2D eigenvalue weighted by atomic mass is 9.98. The SMILES string of the molecule is CCS(=O)(=O)c1ccc(CCCC(N)C(C)C)cc1. The molecule has 1 unspecified atom stereocenters. The number of nitrogens with two attached hydrogens (primary N) is 1. The predicted molar refractivity (Wildman–Crippen MR) is 79.9 cm³/mol. The molecule has 0 saturated heterocycles. The molecule has 0 aliphatic rings. The summed E-state index contributed by atoms with van der Waals surface area (Å²) >= 11 is 0. The number of hydrogen-bond acceptors (Lipinski definition) is 3. The molecule has 1 aromatic carbocycles. The summed E-state index contributed by atoms with van der Waals surface area (Å²) in [5.74, 6) is 0.660. The van der Waals surface area contributed by atoms with E-state index in [0.29, 0.717) is 10.8 Å². The zero-order valence-corrected chi connectivity index (χ0v) is 12.9. The standard InChI is InChI=1S/C15H25NO2S/c1-4-19(17,18)14-10-8-13(9-11-14)6-5-7-15(16)12(2)3/h8-12,15H,4-7,16H2,1-3H3. The first-order chi connectivity index (χ1) is 8.86. The van der Waals surface area contributed by atoms with Crippen LogP contribution in [0.25, 0.3) is 0 Å². The van der Waals surface area contributed by atoms with E-state index in [2.05, 4.69) is 13.8 Å². The van der Waals surface area contributed by atoms with Crippen molar-refractivity contribution in [1.29, 1.82) is 0 Å². The molecule has 0 radical (unpaired) electrons. The molecule has 19 heavy (non-hydrogen) atoms. The minimum absolute atomic E-state index is 0.148. The molecule has 108 valence electrons. The smallest absolute Gasteiger partial charge is 0.178 e. The third-order valence-corrected chi connectivity index (χ3v) is 5.27. The summed E-state index contributed by atoms with van der Waals surface area (Å²) in [7, 11) is -3.08. The lowest BCUT2D eigenvalue weighted by Crippen LogP contribution is -2.26. The molecule has 0 aliphatic carbocycles. The van der Waals surface area contributed by atoms with Crippen molar-refractivity contribution in [1.82, 2.24) is 0 Å². The average molecular weight is 283 g/mol. The van der Waals surface area contributed by atoms with Crippen LogP contribution in [0.1, 0.15) is 39.2 Å². The Bertz CT molecular complexity index is 477. The van der Waals surface area contributed by atoms with Gasteiger partial charge in [-0.25, -0.2) is 8.42 Å². The topological polar surface area (TPSA) is 60.2 Å². The molecule has 1 aromatic rings. The Morgan fingerprint density at radius 1 is 1.16 bits per heavy atom. The molecule has 1 atom stereocenters. The average Bonchev–Trinajstić information content (AvgIpc) is 2.39. The van der Waals surface area contributed by atoms with E-state index in [-0.39, 0.29) is 11.8 Å². The molecule has 0 aromatic heterocycles. The molecule has 0 spiro atoms. The fourth-order valence-electron chi connectivity index (χ4n) is 1.91.